The van der Waals surface area contributed by atoms with Crippen LogP contribution in [0.15, 0.2) is 57.3 Å². The van der Waals surface area contributed by atoms with E-state index in [-0.39, 0.29) is 17.2 Å². The summed E-state index contributed by atoms with van der Waals surface area (Å²) in [5, 5.41) is 3.84. The maximum Gasteiger partial charge on any atom is 0.272 e. The molecule has 1 amide bonds. The Morgan fingerprint density at radius 2 is 1.90 bits per heavy atom. The summed E-state index contributed by atoms with van der Waals surface area (Å²) in [5.74, 6) is 0.0522. The van der Waals surface area contributed by atoms with Crippen molar-refractivity contribution in [2.24, 2.45) is 0 Å². The zero-order valence-corrected chi connectivity index (χ0v) is 19.7. The molecule has 160 valence electrons. The van der Waals surface area contributed by atoms with E-state index in [9.17, 15) is 9.59 Å². The number of carbonyl (C=O) groups excluding carboxylic acids is 1. The van der Waals surface area contributed by atoms with Crippen molar-refractivity contribution in [2.45, 2.75) is 49.4 Å². The van der Waals surface area contributed by atoms with Gasteiger partial charge in [-0.2, -0.15) is 0 Å². The number of aryl methyl sites for hydroxylation is 3. The summed E-state index contributed by atoms with van der Waals surface area (Å²) in [5.41, 5.74) is 5.55. The van der Waals surface area contributed by atoms with Crippen molar-refractivity contribution in [1.82, 2.24) is 9.55 Å². The minimum absolute atomic E-state index is 0.0499. The Bertz CT molecular complexity index is 1200. The van der Waals surface area contributed by atoms with Gasteiger partial charge in [-0.1, -0.05) is 43.0 Å². The second-order valence-corrected chi connectivity index (χ2v) is 10.3. The average molecular weight is 452 g/mol. The highest BCUT2D eigenvalue weighted by Gasteiger charge is 2.27. The zero-order chi connectivity index (χ0) is 22.1. The number of fused-ring (bicyclic) bond motifs is 1. The Labute approximate surface area is 190 Å². The number of hydrogen-bond donors (Lipinski definition) is 1. The van der Waals surface area contributed by atoms with Gasteiger partial charge in [-0.05, 0) is 55.7 Å². The normalized spacial score (nSPS) is 15.0. The lowest BCUT2D eigenvalue weighted by Gasteiger charge is -2.15. The molecule has 2 heterocycles. The SMILES string of the molecule is Cc1cc(C)cc(-n2c(SCC(=O)Nc3ccccc3C)nc3c(c2=O)SC(C)C3)c1. The highest BCUT2D eigenvalue weighted by molar-refractivity contribution is 8.00. The molecule has 2 aromatic carbocycles. The molecule has 1 N–H and O–H groups in total. The van der Waals surface area contributed by atoms with E-state index in [4.69, 9.17) is 4.98 Å². The van der Waals surface area contributed by atoms with Crippen LogP contribution in [-0.2, 0) is 11.2 Å². The third-order valence-electron chi connectivity index (χ3n) is 5.10. The number of amides is 1. The van der Waals surface area contributed by atoms with Crippen LogP contribution in [0.1, 0.15) is 29.3 Å². The number of aromatic nitrogens is 2. The average Bonchev–Trinajstić information content (AvgIpc) is 3.08. The molecule has 1 atom stereocenters. The maximum atomic E-state index is 13.4. The minimum Gasteiger partial charge on any atom is -0.325 e. The standard InChI is InChI=1S/C24H25N3O2S2/c1-14-9-15(2)11-18(10-14)27-23(29)22-20(12-17(4)31-22)26-24(27)30-13-21(28)25-19-8-6-5-7-16(19)3/h5-11,17H,12-13H2,1-4H3,(H,25,28). The van der Waals surface area contributed by atoms with Crippen LogP contribution in [0.2, 0.25) is 0 Å². The molecule has 5 nitrogen and oxygen atoms in total. The van der Waals surface area contributed by atoms with Crippen molar-refractivity contribution in [3.63, 3.8) is 0 Å². The first-order valence-corrected chi connectivity index (χ1v) is 12.1. The molecule has 0 saturated heterocycles. The molecule has 0 fully saturated rings. The van der Waals surface area contributed by atoms with Crippen LogP contribution in [0, 0.1) is 20.8 Å². The molecule has 7 heteroatoms. The summed E-state index contributed by atoms with van der Waals surface area (Å²) in [6, 6.07) is 13.7. The van der Waals surface area contributed by atoms with E-state index >= 15 is 0 Å². The van der Waals surface area contributed by atoms with E-state index in [1.165, 1.54) is 11.8 Å². The van der Waals surface area contributed by atoms with E-state index in [0.29, 0.717) is 10.4 Å². The second kappa shape index (κ2) is 8.93. The first-order chi connectivity index (χ1) is 14.8. The van der Waals surface area contributed by atoms with Gasteiger partial charge in [0, 0.05) is 17.4 Å². The highest BCUT2D eigenvalue weighted by atomic mass is 32.2. The van der Waals surface area contributed by atoms with Crippen molar-refractivity contribution in [2.75, 3.05) is 11.1 Å². The predicted molar refractivity (Wildman–Crippen MR) is 129 cm³/mol. The monoisotopic (exact) mass is 451 g/mol. The van der Waals surface area contributed by atoms with Gasteiger partial charge >= 0.3 is 0 Å². The van der Waals surface area contributed by atoms with E-state index < -0.39 is 0 Å². The molecule has 31 heavy (non-hydrogen) atoms. The second-order valence-electron chi connectivity index (χ2n) is 7.94. The molecule has 1 aliphatic rings. The Hall–Kier alpha value is -2.51. The molecule has 1 unspecified atom stereocenters. The molecular formula is C24H25N3O2S2. The molecular weight excluding hydrogens is 426 g/mol. The van der Waals surface area contributed by atoms with Gasteiger partial charge in [-0.25, -0.2) is 4.98 Å². The molecule has 4 rings (SSSR count). The number of rotatable bonds is 5. The summed E-state index contributed by atoms with van der Waals surface area (Å²) in [6.45, 7) is 8.10. The molecule has 3 aromatic rings. The van der Waals surface area contributed by atoms with Crippen LogP contribution in [0.3, 0.4) is 0 Å². The van der Waals surface area contributed by atoms with Gasteiger partial charge in [-0.15, -0.1) is 11.8 Å². The van der Waals surface area contributed by atoms with Crippen molar-refractivity contribution < 1.29 is 4.79 Å². The predicted octanol–water partition coefficient (Wildman–Crippen LogP) is 4.93. The molecule has 0 bridgehead atoms. The summed E-state index contributed by atoms with van der Waals surface area (Å²) in [4.78, 5) is 31.6. The summed E-state index contributed by atoms with van der Waals surface area (Å²) >= 11 is 2.89. The van der Waals surface area contributed by atoms with E-state index in [1.807, 2.05) is 57.2 Å². The minimum atomic E-state index is -0.122. The number of carbonyl (C=O) groups is 1. The smallest absolute Gasteiger partial charge is 0.272 e. The lowest BCUT2D eigenvalue weighted by molar-refractivity contribution is -0.113. The van der Waals surface area contributed by atoms with Gasteiger partial charge in [-0.3, -0.25) is 14.2 Å². The van der Waals surface area contributed by atoms with Crippen LogP contribution in [0.25, 0.3) is 5.69 Å². The Morgan fingerprint density at radius 1 is 1.19 bits per heavy atom. The first kappa shape index (κ1) is 21.7. The fourth-order valence-electron chi connectivity index (χ4n) is 3.73. The lowest BCUT2D eigenvalue weighted by atomic mass is 10.1. The molecule has 1 aromatic heterocycles. The van der Waals surface area contributed by atoms with Crippen LogP contribution in [-0.4, -0.2) is 26.5 Å². The Balaban J connectivity index is 1.67. The van der Waals surface area contributed by atoms with Gasteiger partial charge in [0.05, 0.1) is 22.0 Å². The summed E-state index contributed by atoms with van der Waals surface area (Å²) < 4.78 is 1.66. The quantitative estimate of drug-likeness (QED) is 0.440. The topological polar surface area (TPSA) is 64.0 Å². The van der Waals surface area contributed by atoms with Crippen molar-refractivity contribution in [3.8, 4) is 5.69 Å². The number of hydrogen-bond acceptors (Lipinski definition) is 5. The fourth-order valence-corrected chi connectivity index (χ4v) is 5.66. The Kier molecular flexibility index (Phi) is 6.25. The number of benzene rings is 2. The maximum absolute atomic E-state index is 13.4. The summed E-state index contributed by atoms with van der Waals surface area (Å²) in [6.07, 6.45) is 0.770. The van der Waals surface area contributed by atoms with Gasteiger partial charge in [0.15, 0.2) is 5.16 Å². The molecule has 1 aliphatic heterocycles. The molecule has 0 saturated carbocycles. The number of thioether (sulfide) groups is 2. The third-order valence-corrected chi connectivity index (χ3v) is 7.25. The fraction of sp³-hybridized carbons (Fsp3) is 0.292. The third kappa shape index (κ3) is 4.72. The molecule has 0 spiro atoms. The molecule has 0 radical (unpaired) electrons. The summed E-state index contributed by atoms with van der Waals surface area (Å²) in [7, 11) is 0. The van der Waals surface area contributed by atoms with Crippen molar-refractivity contribution in [1.29, 1.82) is 0 Å². The molecule has 0 aliphatic carbocycles. The van der Waals surface area contributed by atoms with Crippen LogP contribution < -0.4 is 10.9 Å². The van der Waals surface area contributed by atoms with E-state index in [2.05, 4.69) is 18.3 Å². The van der Waals surface area contributed by atoms with Gasteiger partial charge in [0.1, 0.15) is 0 Å². The van der Waals surface area contributed by atoms with E-state index in [0.717, 1.165) is 45.1 Å². The number of anilines is 1. The number of nitrogens with one attached hydrogen (secondary N) is 1. The number of nitrogens with zero attached hydrogens (tertiary/aromatic N) is 2. The first-order valence-electron chi connectivity index (χ1n) is 10.2. The number of para-hydroxylation sites is 1. The van der Waals surface area contributed by atoms with Crippen LogP contribution in [0.4, 0.5) is 5.69 Å². The van der Waals surface area contributed by atoms with Crippen LogP contribution in [0.5, 0.6) is 0 Å². The largest absolute Gasteiger partial charge is 0.325 e. The van der Waals surface area contributed by atoms with E-state index in [1.54, 1.807) is 16.3 Å². The van der Waals surface area contributed by atoms with Gasteiger partial charge in [0.2, 0.25) is 5.91 Å². The Morgan fingerprint density at radius 3 is 2.61 bits per heavy atom. The van der Waals surface area contributed by atoms with Gasteiger partial charge < -0.3 is 5.32 Å². The van der Waals surface area contributed by atoms with Crippen molar-refractivity contribution in [3.05, 3.63) is 75.2 Å². The van der Waals surface area contributed by atoms with Gasteiger partial charge in [0.25, 0.3) is 5.56 Å². The van der Waals surface area contributed by atoms with Crippen LogP contribution >= 0.6 is 23.5 Å². The zero-order valence-electron chi connectivity index (χ0n) is 18.1. The van der Waals surface area contributed by atoms with Crippen molar-refractivity contribution >= 4 is 35.1 Å². The highest BCUT2D eigenvalue weighted by Crippen LogP contribution is 2.35. The lowest BCUT2D eigenvalue weighted by Crippen LogP contribution is -2.25.